The molecule has 8 heteroatoms. The van der Waals surface area contributed by atoms with E-state index in [9.17, 15) is 19.3 Å². The number of nitrogen functional groups attached to an aromatic ring is 1. The number of esters is 1. The van der Waals surface area contributed by atoms with Gasteiger partial charge in [0.05, 0.1) is 23.3 Å². The van der Waals surface area contributed by atoms with Crippen LogP contribution in [0.15, 0.2) is 30.3 Å². The fourth-order valence-corrected chi connectivity index (χ4v) is 1.73. The SMILES string of the molecule is COC(=O)c1ccc(-c2ccc([N+](=O)[O-])c(N)n2)cc1F. The number of hydrogen-bond donors (Lipinski definition) is 1. The van der Waals surface area contributed by atoms with Gasteiger partial charge in [-0.2, -0.15) is 0 Å². The number of pyridine rings is 1. The molecule has 2 rings (SSSR count). The third kappa shape index (κ3) is 2.78. The van der Waals surface area contributed by atoms with Crippen LogP contribution in [0.25, 0.3) is 11.3 Å². The standard InChI is InChI=1S/C13H10FN3O4/c1-21-13(18)8-3-2-7(6-9(8)14)10-4-5-11(17(19)20)12(15)16-10/h2-6H,1H3,(H2,15,16). The lowest BCUT2D eigenvalue weighted by Gasteiger charge is -2.05. The van der Waals surface area contributed by atoms with Gasteiger partial charge in [-0.1, -0.05) is 6.07 Å². The molecule has 0 atom stereocenters. The molecule has 0 bridgehead atoms. The summed E-state index contributed by atoms with van der Waals surface area (Å²) in [6, 6.07) is 6.31. The highest BCUT2D eigenvalue weighted by molar-refractivity contribution is 5.90. The van der Waals surface area contributed by atoms with Crippen molar-refractivity contribution >= 4 is 17.5 Å². The van der Waals surface area contributed by atoms with Crippen LogP contribution in [0.5, 0.6) is 0 Å². The Balaban J connectivity index is 2.44. The second-order valence-electron chi connectivity index (χ2n) is 4.04. The molecular formula is C13H10FN3O4. The Bertz CT molecular complexity index is 733. The molecule has 0 saturated carbocycles. The quantitative estimate of drug-likeness (QED) is 0.527. The molecule has 0 unspecified atom stereocenters. The van der Waals surface area contributed by atoms with Crippen molar-refractivity contribution in [1.82, 2.24) is 4.98 Å². The number of methoxy groups -OCH3 is 1. The van der Waals surface area contributed by atoms with Crippen molar-refractivity contribution in [3.05, 3.63) is 51.8 Å². The zero-order valence-corrected chi connectivity index (χ0v) is 10.9. The van der Waals surface area contributed by atoms with Crippen LogP contribution in [-0.4, -0.2) is 23.0 Å². The summed E-state index contributed by atoms with van der Waals surface area (Å²) in [5, 5.41) is 10.7. The first-order valence-corrected chi connectivity index (χ1v) is 5.73. The normalized spacial score (nSPS) is 10.2. The Morgan fingerprint density at radius 3 is 2.62 bits per heavy atom. The molecule has 0 fully saturated rings. The Labute approximate surface area is 118 Å². The Morgan fingerprint density at radius 2 is 2.10 bits per heavy atom. The summed E-state index contributed by atoms with van der Waals surface area (Å²) in [6.07, 6.45) is 0. The highest BCUT2D eigenvalue weighted by atomic mass is 19.1. The predicted octanol–water partition coefficient (Wildman–Crippen LogP) is 2.16. The molecule has 2 N–H and O–H groups in total. The fourth-order valence-electron chi connectivity index (χ4n) is 1.73. The number of carbonyl (C=O) groups is 1. The summed E-state index contributed by atoms with van der Waals surface area (Å²) >= 11 is 0. The minimum Gasteiger partial charge on any atom is -0.465 e. The highest BCUT2D eigenvalue weighted by Crippen LogP contribution is 2.26. The van der Waals surface area contributed by atoms with Crippen molar-refractivity contribution in [2.24, 2.45) is 0 Å². The van der Waals surface area contributed by atoms with Gasteiger partial charge in [-0.3, -0.25) is 10.1 Å². The molecule has 0 aliphatic heterocycles. The number of nitrogens with zero attached hydrogens (tertiary/aromatic N) is 2. The minimum absolute atomic E-state index is 0.212. The van der Waals surface area contributed by atoms with E-state index in [-0.39, 0.29) is 22.8 Å². The molecule has 0 radical (unpaired) electrons. The molecule has 0 saturated heterocycles. The molecule has 1 aromatic carbocycles. The molecular weight excluding hydrogens is 281 g/mol. The number of hydrogen-bond acceptors (Lipinski definition) is 6. The summed E-state index contributed by atoms with van der Waals surface area (Å²) in [7, 11) is 1.15. The Morgan fingerprint density at radius 1 is 1.38 bits per heavy atom. The van der Waals surface area contributed by atoms with Gasteiger partial charge in [0.1, 0.15) is 5.82 Å². The van der Waals surface area contributed by atoms with E-state index in [4.69, 9.17) is 5.73 Å². The van der Waals surface area contributed by atoms with E-state index in [2.05, 4.69) is 9.72 Å². The van der Waals surface area contributed by atoms with E-state index in [1.165, 1.54) is 24.3 Å². The third-order valence-corrected chi connectivity index (χ3v) is 2.77. The van der Waals surface area contributed by atoms with Gasteiger partial charge in [-0.05, 0) is 18.2 Å². The summed E-state index contributed by atoms with van der Waals surface area (Å²) in [5.74, 6) is -1.84. The first-order chi connectivity index (χ1) is 9.93. The molecule has 108 valence electrons. The number of ether oxygens (including phenoxy) is 1. The maximum atomic E-state index is 13.8. The summed E-state index contributed by atoms with van der Waals surface area (Å²) in [5.41, 5.74) is 5.53. The van der Waals surface area contributed by atoms with Gasteiger partial charge >= 0.3 is 11.7 Å². The second-order valence-corrected chi connectivity index (χ2v) is 4.04. The summed E-state index contributed by atoms with van der Waals surface area (Å²) < 4.78 is 18.2. The number of anilines is 1. The van der Waals surface area contributed by atoms with Crippen molar-refractivity contribution < 1.29 is 18.8 Å². The molecule has 0 amide bonds. The average molecular weight is 291 g/mol. The zero-order valence-electron chi connectivity index (χ0n) is 10.9. The minimum atomic E-state index is -0.796. The number of aromatic nitrogens is 1. The van der Waals surface area contributed by atoms with E-state index in [0.717, 1.165) is 13.2 Å². The molecule has 0 aliphatic carbocycles. The molecule has 21 heavy (non-hydrogen) atoms. The molecule has 7 nitrogen and oxygen atoms in total. The van der Waals surface area contributed by atoms with Crippen molar-refractivity contribution in [2.45, 2.75) is 0 Å². The maximum absolute atomic E-state index is 13.8. The van der Waals surface area contributed by atoms with Crippen LogP contribution >= 0.6 is 0 Å². The number of benzene rings is 1. The molecule has 1 aromatic heterocycles. The van der Waals surface area contributed by atoms with Crippen LogP contribution in [-0.2, 0) is 4.74 Å². The number of nitro groups is 1. The lowest BCUT2D eigenvalue weighted by Crippen LogP contribution is -2.04. The van der Waals surface area contributed by atoms with Crippen LogP contribution in [0.3, 0.4) is 0 Å². The van der Waals surface area contributed by atoms with Gasteiger partial charge in [0.2, 0.25) is 5.82 Å². The van der Waals surface area contributed by atoms with Crippen LogP contribution in [0.1, 0.15) is 10.4 Å². The molecule has 1 heterocycles. The molecule has 0 spiro atoms. The number of carbonyl (C=O) groups excluding carboxylic acids is 1. The van der Waals surface area contributed by atoms with E-state index in [0.29, 0.717) is 5.56 Å². The zero-order chi connectivity index (χ0) is 15.6. The Hall–Kier alpha value is -3.03. The second kappa shape index (κ2) is 5.53. The van der Waals surface area contributed by atoms with Gasteiger partial charge in [0, 0.05) is 11.6 Å². The van der Waals surface area contributed by atoms with Gasteiger partial charge in [-0.25, -0.2) is 14.2 Å². The van der Waals surface area contributed by atoms with Crippen LogP contribution < -0.4 is 5.73 Å². The van der Waals surface area contributed by atoms with Gasteiger partial charge in [0.25, 0.3) is 0 Å². The number of nitrogens with two attached hydrogens (primary N) is 1. The number of rotatable bonds is 3. The van der Waals surface area contributed by atoms with Gasteiger partial charge < -0.3 is 10.5 Å². The van der Waals surface area contributed by atoms with Crippen LogP contribution in [0, 0.1) is 15.9 Å². The highest BCUT2D eigenvalue weighted by Gasteiger charge is 2.16. The van der Waals surface area contributed by atoms with Crippen molar-refractivity contribution in [3.8, 4) is 11.3 Å². The molecule has 2 aromatic rings. The van der Waals surface area contributed by atoms with Crippen molar-refractivity contribution in [2.75, 3.05) is 12.8 Å². The van der Waals surface area contributed by atoms with Crippen molar-refractivity contribution in [3.63, 3.8) is 0 Å². The van der Waals surface area contributed by atoms with E-state index >= 15 is 0 Å². The average Bonchev–Trinajstić information content (AvgIpc) is 2.45. The van der Waals surface area contributed by atoms with E-state index in [1.54, 1.807) is 0 Å². The fraction of sp³-hybridized carbons (Fsp3) is 0.0769. The van der Waals surface area contributed by atoms with Crippen LogP contribution in [0.2, 0.25) is 0 Å². The lowest BCUT2D eigenvalue weighted by atomic mass is 10.1. The van der Waals surface area contributed by atoms with Gasteiger partial charge in [-0.15, -0.1) is 0 Å². The maximum Gasteiger partial charge on any atom is 0.340 e. The smallest absolute Gasteiger partial charge is 0.340 e. The summed E-state index contributed by atoms with van der Waals surface area (Å²) in [6.45, 7) is 0. The molecule has 0 aliphatic rings. The van der Waals surface area contributed by atoms with E-state index in [1.807, 2.05) is 0 Å². The largest absolute Gasteiger partial charge is 0.465 e. The van der Waals surface area contributed by atoms with E-state index < -0.39 is 16.7 Å². The topological polar surface area (TPSA) is 108 Å². The lowest BCUT2D eigenvalue weighted by molar-refractivity contribution is -0.384. The third-order valence-electron chi connectivity index (χ3n) is 2.77. The van der Waals surface area contributed by atoms with Crippen molar-refractivity contribution in [1.29, 1.82) is 0 Å². The first kappa shape index (κ1) is 14.4. The van der Waals surface area contributed by atoms with Crippen LogP contribution in [0.4, 0.5) is 15.9 Å². The summed E-state index contributed by atoms with van der Waals surface area (Å²) in [4.78, 5) is 25.1. The predicted molar refractivity (Wildman–Crippen MR) is 72.0 cm³/mol. The first-order valence-electron chi connectivity index (χ1n) is 5.73. The Kier molecular flexibility index (Phi) is 3.79. The number of halogens is 1. The van der Waals surface area contributed by atoms with Gasteiger partial charge in [0.15, 0.2) is 0 Å². The monoisotopic (exact) mass is 291 g/mol.